The Morgan fingerprint density at radius 1 is 1.33 bits per heavy atom. The first kappa shape index (κ1) is 14.9. The predicted molar refractivity (Wildman–Crippen MR) is 83.8 cm³/mol. The van der Waals surface area contributed by atoms with E-state index in [-0.39, 0.29) is 18.1 Å². The fourth-order valence-electron chi connectivity index (χ4n) is 3.18. The highest BCUT2D eigenvalue weighted by Gasteiger charge is 2.24. The lowest BCUT2D eigenvalue weighted by Gasteiger charge is -2.34. The molecule has 1 aromatic heterocycles. The van der Waals surface area contributed by atoms with Crippen molar-refractivity contribution in [1.29, 1.82) is 0 Å². The number of anilines is 1. The van der Waals surface area contributed by atoms with Crippen molar-refractivity contribution in [3.63, 3.8) is 0 Å². The number of aromatic nitrogens is 1. The third kappa shape index (κ3) is 3.81. The number of thiazole rings is 1. The minimum atomic E-state index is 0.0300. The fourth-order valence-corrected chi connectivity index (χ4v) is 4.25. The maximum Gasteiger partial charge on any atom is 0.240 e. The van der Waals surface area contributed by atoms with Gasteiger partial charge in [-0.25, -0.2) is 4.98 Å². The highest BCUT2D eigenvalue weighted by atomic mass is 32.1. The minimum Gasteiger partial charge on any atom is -0.373 e. The van der Waals surface area contributed by atoms with Crippen molar-refractivity contribution < 1.29 is 9.53 Å². The smallest absolute Gasteiger partial charge is 0.240 e. The number of rotatable bonds is 3. The summed E-state index contributed by atoms with van der Waals surface area (Å²) in [6.45, 7) is 6.14. The second-order valence-corrected chi connectivity index (χ2v) is 7.18. The molecule has 0 bridgehead atoms. The Bertz CT molecular complexity index is 484. The highest BCUT2D eigenvalue weighted by molar-refractivity contribution is 7.15. The topological polar surface area (TPSA) is 54.5 Å². The molecule has 0 radical (unpaired) electrons. The van der Waals surface area contributed by atoms with E-state index in [4.69, 9.17) is 4.74 Å². The molecule has 2 unspecified atom stereocenters. The molecule has 1 N–H and O–H groups in total. The molecule has 1 fully saturated rings. The summed E-state index contributed by atoms with van der Waals surface area (Å²) < 4.78 is 5.69. The number of aryl methyl sites for hydroxylation is 2. The quantitative estimate of drug-likeness (QED) is 0.929. The van der Waals surface area contributed by atoms with E-state index in [0.29, 0.717) is 6.54 Å². The Hall–Kier alpha value is -0.980. The molecule has 0 saturated carbocycles. The summed E-state index contributed by atoms with van der Waals surface area (Å²) in [6.07, 6.45) is 5.00. The Kier molecular flexibility index (Phi) is 4.57. The lowest BCUT2D eigenvalue weighted by Crippen LogP contribution is -2.48. The summed E-state index contributed by atoms with van der Waals surface area (Å²) in [5.74, 6) is 0.0300. The second kappa shape index (κ2) is 6.42. The molecule has 1 aromatic rings. The van der Waals surface area contributed by atoms with E-state index in [0.717, 1.165) is 31.1 Å². The molecule has 2 aliphatic rings. The number of nitrogens with zero attached hydrogens (tertiary/aromatic N) is 2. The molecule has 2 atom stereocenters. The first-order valence-electron chi connectivity index (χ1n) is 7.76. The van der Waals surface area contributed by atoms with Crippen LogP contribution < -0.4 is 5.32 Å². The van der Waals surface area contributed by atoms with Crippen LogP contribution in [0.15, 0.2) is 0 Å². The van der Waals surface area contributed by atoms with Gasteiger partial charge in [-0.15, -0.1) is 11.3 Å². The maximum atomic E-state index is 12.2. The van der Waals surface area contributed by atoms with E-state index in [1.165, 1.54) is 23.4 Å². The summed E-state index contributed by atoms with van der Waals surface area (Å²) in [5, 5.41) is 3.73. The van der Waals surface area contributed by atoms with Gasteiger partial charge in [0.05, 0.1) is 24.4 Å². The van der Waals surface area contributed by atoms with Gasteiger partial charge in [-0.1, -0.05) is 0 Å². The van der Waals surface area contributed by atoms with Crippen LogP contribution in [0.1, 0.15) is 37.3 Å². The number of carbonyl (C=O) groups is 1. The maximum absolute atomic E-state index is 12.2. The molecule has 1 aliphatic carbocycles. The number of morpholine rings is 1. The van der Waals surface area contributed by atoms with Crippen LogP contribution in [0.2, 0.25) is 0 Å². The van der Waals surface area contributed by atoms with Gasteiger partial charge in [0.1, 0.15) is 0 Å². The van der Waals surface area contributed by atoms with Gasteiger partial charge in [-0.2, -0.15) is 0 Å². The zero-order valence-corrected chi connectivity index (χ0v) is 13.5. The van der Waals surface area contributed by atoms with Crippen LogP contribution >= 0.6 is 11.3 Å². The molecule has 1 aliphatic heterocycles. The van der Waals surface area contributed by atoms with Crippen molar-refractivity contribution in [3.05, 3.63) is 10.6 Å². The van der Waals surface area contributed by atoms with Gasteiger partial charge in [0.15, 0.2) is 5.13 Å². The number of ether oxygens (including phenoxy) is 1. The van der Waals surface area contributed by atoms with Crippen LogP contribution in [0.25, 0.3) is 0 Å². The monoisotopic (exact) mass is 309 g/mol. The third-order valence-electron chi connectivity index (χ3n) is 3.95. The number of hydrogen-bond acceptors (Lipinski definition) is 5. The zero-order chi connectivity index (χ0) is 14.8. The molecular weight excluding hydrogens is 286 g/mol. The number of carbonyl (C=O) groups excluding carboxylic acids is 1. The van der Waals surface area contributed by atoms with Crippen molar-refractivity contribution in [3.8, 4) is 0 Å². The van der Waals surface area contributed by atoms with E-state index in [1.807, 2.05) is 0 Å². The van der Waals surface area contributed by atoms with Crippen molar-refractivity contribution in [1.82, 2.24) is 9.88 Å². The van der Waals surface area contributed by atoms with Crippen LogP contribution in [0.4, 0.5) is 5.13 Å². The molecule has 1 saturated heterocycles. The van der Waals surface area contributed by atoms with Gasteiger partial charge in [0, 0.05) is 18.0 Å². The molecule has 5 nitrogen and oxygen atoms in total. The van der Waals surface area contributed by atoms with Crippen molar-refractivity contribution in [2.75, 3.05) is 25.0 Å². The summed E-state index contributed by atoms with van der Waals surface area (Å²) in [4.78, 5) is 20.2. The van der Waals surface area contributed by atoms with Crippen LogP contribution in [0.3, 0.4) is 0 Å². The summed E-state index contributed by atoms with van der Waals surface area (Å²) in [6, 6.07) is 0. The Labute approximate surface area is 129 Å². The number of hydrogen-bond donors (Lipinski definition) is 1. The minimum absolute atomic E-state index is 0.0300. The molecule has 116 valence electrons. The van der Waals surface area contributed by atoms with E-state index < -0.39 is 0 Å². The van der Waals surface area contributed by atoms with E-state index in [9.17, 15) is 4.79 Å². The van der Waals surface area contributed by atoms with Gasteiger partial charge in [0.2, 0.25) is 5.91 Å². The highest BCUT2D eigenvalue weighted by Crippen LogP contribution is 2.29. The number of amides is 1. The Morgan fingerprint density at radius 2 is 2.05 bits per heavy atom. The first-order chi connectivity index (χ1) is 10.1. The predicted octanol–water partition coefficient (Wildman–Crippen LogP) is 2.07. The fraction of sp³-hybridized carbons (Fsp3) is 0.733. The average molecular weight is 309 g/mol. The Morgan fingerprint density at radius 3 is 2.76 bits per heavy atom. The van der Waals surface area contributed by atoms with Crippen LogP contribution in [-0.4, -0.2) is 47.6 Å². The summed E-state index contributed by atoms with van der Waals surface area (Å²) in [7, 11) is 0. The summed E-state index contributed by atoms with van der Waals surface area (Å²) in [5.41, 5.74) is 1.19. The molecular formula is C15H23N3O2S. The van der Waals surface area contributed by atoms with Gasteiger partial charge >= 0.3 is 0 Å². The lowest BCUT2D eigenvalue weighted by atomic mass is 10.0. The zero-order valence-electron chi connectivity index (χ0n) is 12.7. The summed E-state index contributed by atoms with van der Waals surface area (Å²) >= 11 is 1.64. The van der Waals surface area contributed by atoms with E-state index in [1.54, 1.807) is 11.3 Å². The molecule has 3 rings (SSSR count). The molecule has 0 aromatic carbocycles. The average Bonchev–Trinajstić information content (AvgIpc) is 2.78. The SMILES string of the molecule is CC1CN(CC(=O)Nc2nc3c(s2)CCCC3)CC(C)O1. The second-order valence-electron chi connectivity index (χ2n) is 6.10. The number of fused-ring (bicyclic) bond motifs is 1. The van der Waals surface area contributed by atoms with Crippen molar-refractivity contribution >= 4 is 22.4 Å². The normalized spacial score (nSPS) is 26.4. The number of nitrogens with one attached hydrogen (secondary N) is 1. The molecule has 21 heavy (non-hydrogen) atoms. The van der Waals surface area contributed by atoms with E-state index >= 15 is 0 Å². The lowest BCUT2D eigenvalue weighted by molar-refractivity contribution is -0.121. The largest absolute Gasteiger partial charge is 0.373 e. The standard InChI is InChI=1S/C15H23N3O2S/c1-10-7-18(8-11(2)20-10)9-14(19)17-15-16-12-5-3-4-6-13(12)21-15/h10-11H,3-9H2,1-2H3,(H,16,17,19). The van der Waals surface area contributed by atoms with Gasteiger partial charge in [-0.05, 0) is 39.5 Å². The van der Waals surface area contributed by atoms with Crippen LogP contribution in [0, 0.1) is 0 Å². The molecule has 6 heteroatoms. The molecule has 2 heterocycles. The van der Waals surface area contributed by atoms with Gasteiger partial charge in [-0.3, -0.25) is 9.69 Å². The third-order valence-corrected chi connectivity index (χ3v) is 5.03. The van der Waals surface area contributed by atoms with Crippen molar-refractivity contribution in [2.24, 2.45) is 0 Å². The molecule has 1 amide bonds. The van der Waals surface area contributed by atoms with Crippen LogP contribution in [0.5, 0.6) is 0 Å². The van der Waals surface area contributed by atoms with Crippen LogP contribution in [-0.2, 0) is 22.4 Å². The van der Waals surface area contributed by atoms with Gasteiger partial charge < -0.3 is 10.1 Å². The van der Waals surface area contributed by atoms with Gasteiger partial charge in [0.25, 0.3) is 0 Å². The van der Waals surface area contributed by atoms with E-state index in [2.05, 4.69) is 29.0 Å². The first-order valence-corrected chi connectivity index (χ1v) is 8.58. The van der Waals surface area contributed by atoms with Crippen molar-refractivity contribution in [2.45, 2.75) is 51.7 Å². The Balaban J connectivity index is 1.55. The molecule has 0 spiro atoms.